The van der Waals surface area contributed by atoms with Crippen LogP contribution in [0.15, 0.2) is 29.6 Å². The minimum absolute atomic E-state index is 0.733. The first-order valence-electron chi connectivity index (χ1n) is 4.07. The van der Waals surface area contributed by atoms with Gasteiger partial charge in [0.2, 0.25) is 0 Å². The largest absolute Gasteiger partial charge is 0.330 e. The highest BCUT2D eigenvalue weighted by atomic mass is 32.1. The van der Waals surface area contributed by atoms with Gasteiger partial charge in [0.25, 0.3) is 0 Å². The van der Waals surface area contributed by atoms with Crippen LogP contribution in [0, 0.1) is 0 Å². The molecule has 62 valence electrons. The van der Waals surface area contributed by atoms with Gasteiger partial charge in [-0.2, -0.15) is 0 Å². The van der Waals surface area contributed by atoms with Crippen LogP contribution in [-0.2, 0) is 6.42 Å². The molecule has 0 aliphatic heterocycles. The summed E-state index contributed by atoms with van der Waals surface area (Å²) in [5, 5.41) is 3.47. The van der Waals surface area contributed by atoms with Crippen LogP contribution < -0.4 is 5.73 Å². The maximum atomic E-state index is 5.52. The van der Waals surface area contributed by atoms with Gasteiger partial charge < -0.3 is 5.73 Å². The number of benzene rings is 1. The predicted molar refractivity (Wildman–Crippen MR) is 54.6 cm³/mol. The smallest absolute Gasteiger partial charge is 0.0375 e. The lowest BCUT2D eigenvalue weighted by atomic mass is 10.1. The molecule has 0 aliphatic carbocycles. The topological polar surface area (TPSA) is 26.0 Å². The summed E-state index contributed by atoms with van der Waals surface area (Å²) in [6.45, 7) is 0.733. The van der Waals surface area contributed by atoms with Crippen LogP contribution in [0.5, 0.6) is 0 Å². The Labute approximate surface area is 75.8 Å². The summed E-state index contributed by atoms with van der Waals surface area (Å²) in [6.07, 6.45) is 0.984. The van der Waals surface area contributed by atoms with E-state index >= 15 is 0 Å². The van der Waals surface area contributed by atoms with Crippen LogP contribution in [0.4, 0.5) is 0 Å². The normalized spacial score (nSPS) is 10.8. The summed E-state index contributed by atoms with van der Waals surface area (Å²) >= 11 is 1.80. The summed E-state index contributed by atoms with van der Waals surface area (Å²) < 4.78 is 1.39. The fraction of sp³-hybridized carbons (Fsp3) is 0.200. The first-order chi connectivity index (χ1) is 5.92. The molecule has 0 radical (unpaired) electrons. The van der Waals surface area contributed by atoms with Crippen LogP contribution in [-0.4, -0.2) is 6.54 Å². The van der Waals surface area contributed by atoms with E-state index in [1.807, 2.05) is 0 Å². The average molecular weight is 177 g/mol. The van der Waals surface area contributed by atoms with Crippen molar-refractivity contribution < 1.29 is 0 Å². The molecule has 1 aromatic carbocycles. The monoisotopic (exact) mass is 177 g/mol. The van der Waals surface area contributed by atoms with Crippen LogP contribution in [0.1, 0.15) is 5.56 Å². The zero-order valence-corrected chi connectivity index (χ0v) is 7.60. The Morgan fingerprint density at radius 3 is 3.00 bits per heavy atom. The zero-order chi connectivity index (χ0) is 8.39. The first-order valence-corrected chi connectivity index (χ1v) is 4.95. The Kier molecular flexibility index (Phi) is 2.11. The van der Waals surface area contributed by atoms with Gasteiger partial charge in [-0.05, 0) is 35.4 Å². The number of thiophene rings is 1. The zero-order valence-electron chi connectivity index (χ0n) is 6.79. The molecule has 2 N–H and O–H groups in total. The molecule has 1 nitrogen and oxygen atoms in total. The molecule has 0 amide bonds. The molecular weight excluding hydrogens is 166 g/mol. The third-order valence-electron chi connectivity index (χ3n) is 1.97. The van der Waals surface area contributed by atoms with Crippen LogP contribution >= 0.6 is 11.3 Å². The summed E-state index contributed by atoms with van der Waals surface area (Å²) in [5.41, 5.74) is 6.90. The number of hydrogen-bond donors (Lipinski definition) is 1. The molecule has 0 spiro atoms. The first kappa shape index (κ1) is 7.77. The summed E-state index contributed by atoms with van der Waals surface area (Å²) in [7, 11) is 0. The van der Waals surface area contributed by atoms with Gasteiger partial charge in [-0.25, -0.2) is 0 Å². The van der Waals surface area contributed by atoms with Gasteiger partial charge in [0, 0.05) is 4.70 Å². The third kappa shape index (κ3) is 1.24. The van der Waals surface area contributed by atoms with Crippen molar-refractivity contribution in [3.05, 3.63) is 35.2 Å². The van der Waals surface area contributed by atoms with E-state index in [1.165, 1.54) is 15.6 Å². The molecule has 0 atom stereocenters. The summed E-state index contributed by atoms with van der Waals surface area (Å²) in [6, 6.07) is 8.55. The van der Waals surface area contributed by atoms with Crippen molar-refractivity contribution in [2.24, 2.45) is 5.73 Å². The fourth-order valence-corrected chi connectivity index (χ4v) is 2.35. The van der Waals surface area contributed by atoms with Crippen molar-refractivity contribution in [2.75, 3.05) is 6.54 Å². The second-order valence-corrected chi connectivity index (χ2v) is 3.71. The highest BCUT2D eigenvalue weighted by Crippen LogP contribution is 2.24. The van der Waals surface area contributed by atoms with E-state index in [9.17, 15) is 0 Å². The van der Waals surface area contributed by atoms with Crippen molar-refractivity contribution in [3.63, 3.8) is 0 Å². The highest BCUT2D eigenvalue weighted by molar-refractivity contribution is 7.17. The van der Waals surface area contributed by atoms with E-state index in [1.54, 1.807) is 11.3 Å². The molecule has 0 aliphatic rings. The number of fused-ring (bicyclic) bond motifs is 1. The minimum atomic E-state index is 0.733. The molecule has 0 fully saturated rings. The van der Waals surface area contributed by atoms with Crippen molar-refractivity contribution in [3.8, 4) is 0 Å². The summed E-state index contributed by atoms with van der Waals surface area (Å²) in [4.78, 5) is 0. The lowest BCUT2D eigenvalue weighted by Crippen LogP contribution is -2.02. The Bertz CT molecular complexity index is 378. The van der Waals surface area contributed by atoms with Crippen LogP contribution in [0.25, 0.3) is 10.1 Å². The van der Waals surface area contributed by atoms with Gasteiger partial charge in [0.15, 0.2) is 0 Å². The Morgan fingerprint density at radius 1 is 1.25 bits per heavy atom. The molecule has 0 unspecified atom stereocenters. The van der Waals surface area contributed by atoms with Crippen molar-refractivity contribution >= 4 is 21.4 Å². The SMILES string of the molecule is NCCc1cccc2ccsc12. The number of nitrogens with two attached hydrogens (primary N) is 1. The Hall–Kier alpha value is -0.860. The fourth-order valence-electron chi connectivity index (χ4n) is 1.41. The quantitative estimate of drug-likeness (QED) is 0.749. The van der Waals surface area contributed by atoms with Gasteiger partial charge in [-0.3, -0.25) is 0 Å². The second-order valence-electron chi connectivity index (χ2n) is 2.79. The van der Waals surface area contributed by atoms with Gasteiger partial charge in [-0.15, -0.1) is 11.3 Å². The number of rotatable bonds is 2. The molecule has 0 saturated carbocycles. The van der Waals surface area contributed by atoms with E-state index in [-0.39, 0.29) is 0 Å². The highest BCUT2D eigenvalue weighted by Gasteiger charge is 1.99. The Morgan fingerprint density at radius 2 is 2.17 bits per heavy atom. The molecule has 0 bridgehead atoms. The molecule has 12 heavy (non-hydrogen) atoms. The maximum Gasteiger partial charge on any atom is 0.0375 e. The van der Waals surface area contributed by atoms with Crippen molar-refractivity contribution in [1.29, 1.82) is 0 Å². The predicted octanol–water partition coefficient (Wildman–Crippen LogP) is 2.40. The van der Waals surface area contributed by atoms with Gasteiger partial charge in [0.1, 0.15) is 0 Å². The van der Waals surface area contributed by atoms with Gasteiger partial charge in [0.05, 0.1) is 0 Å². The number of hydrogen-bond acceptors (Lipinski definition) is 2. The van der Waals surface area contributed by atoms with Crippen LogP contribution in [0.3, 0.4) is 0 Å². The second kappa shape index (κ2) is 3.25. The van der Waals surface area contributed by atoms with Crippen molar-refractivity contribution in [2.45, 2.75) is 6.42 Å². The maximum absolute atomic E-state index is 5.52. The van der Waals surface area contributed by atoms with E-state index in [4.69, 9.17) is 5.73 Å². The van der Waals surface area contributed by atoms with Crippen LogP contribution in [0.2, 0.25) is 0 Å². The van der Waals surface area contributed by atoms with E-state index in [0.717, 1.165) is 13.0 Å². The lowest BCUT2D eigenvalue weighted by Gasteiger charge is -1.99. The molecular formula is C10H11NS. The van der Waals surface area contributed by atoms with Gasteiger partial charge >= 0.3 is 0 Å². The van der Waals surface area contributed by atoms with E-state index in [2.05, 4.69) is 29.6 Å². The molecule has 2 rings (SSSR count). The lowest BCUT2D eigenvalue weighted by molar-refractivity contribution is 0.979. The standard InChI is InChI=1S/C10H11NS/c11-6-4-8-2-1-3-9-5-7-12-10(8)9/h1-3,5,7H,4,6,11H2. The Balaban J connectivity index is 2.57. The third-order valence-corrected chi connectivity index (χ3v) is 2.98. The van der Waals surface area contributed by atoms with E-state index < -0.39 is 0 Å². The summed E-state index contributed by atoms with van der Waals surface area (Å²) in [5.74, 6) is 0. The minimum Gasteiger partial charge on any atom is -0.330 e. The molecule has 0 saturated heterocycles. The molecule has 1 aromatic heterocycles. The van der Waals surface area contributed by atoms with E-state index in [0.29, 0.717) is 0 Å². The molecule has 2 aromatic rings. The molecule has 1 heterocycles. The average Bonchev–Trinajstić information content (AvgIpc) is 2.53. The molecule has 2 heteroatoms. The van der Waals surface area contributed by atoms with Gasteiger partial charge in [-0.1, -0.05) is 18.2 Å². The van der Waals surface area contributed by atoms with Crippen molar-refractivity contribution in [1.82, 2.24) is 0 Å².